The van der Waals surface area contributed by atoms with Crippen LogP contribution in [-0.4, -0.2) is 48.3 Å². The lowest BCUT2D eigenvalue weighted by molar-refractivity contribution is -0.0702. The van der Waals surface area contributed by atoms with Crippen LogP contribution in [0.25, 0.3) is 0 Å². The summed E-state index contributed by atoms with van der Waals surface area (Å²) in [6.07, 6.45) is 0.669. The molecule has 1 heterocycles. The zero-order valence-corrected chi connectivity index (χ0v) is 7.85. The van der Waals surface area contributed by atoms with E-state index in [2.05, 4.69) is 0 Å². The summed E-state index contributed by atoms with van der Waals surface area (Å²) in [4.78, 5) is 1.42. The number of nitrogens with zero attached hydrogens (tertiary/aromatic N) is 1. The number of rotatable bonds is 3. The van der Waals surface area contributed by atoms with E-state index in [0.717, 1.165) is 12.8 Å². The summed E-state index contributed by atoms with van der Waals surface area (Å²) >= 11 is 0. The molecule has 2 fully saturated rings. The summed E-state index contributed by atoms with van der Waals surface area (Å²) in [6.45, 7) is -1.17. The molecule has 0 bridgehead atoms. The molecule has 1 saturated heterocycles. The van der Waals surface area contributed by atoms with Gasteiger partial charge in [0.2, 0.25) is 0 Å². The van der Waals surface area contributed by atoms with Crippen molar-refractivity contribution in [3.63, 3.8) is 0 Å². The summed E-state index contributed by atoms with van der Waals surface area (Å²) in [7, 11) is 0. The van der Waals surface area contributed by atoms with E-state index >= 15 is 0 Å². The Morgan fingerprint density at radius 3 is 2.50 bits per heavy atom. The Hall–Kier alpha value is -0.290. The van der Waals surface area contributed by atoms with E-state index in [1.807, 2.05) is 0 Å². The van der Waals surface area contributed by atoms with Crippen molar-refractivity contribution in [1.82, 2.24) is 4.90 Å². The number of aliphatic hydroxyl groups is 1. The molecule has 14 heavy (non-hydrogen) atoms. The third kappa shape index (κ3) is 1.75. The Kier molecular flexibility index (Phi) is 2.27. The molecule has 1 saturated carbocycles. The van der Waals surface area contributed by atoms with E-state index in [1.165, 1.54) is 4.90 Å². The molecule has 0 radical (unpaired) electrons. The molecule has 0 aromatic rings. The molecule has 82 valence electrons. The van der Waals surface area contributed by atoms with Crippen LogP contribution >= 0.6 is 0 Å². The molecule has 0 amide bonds. The lowest BCUT2D eigenvalue weighted by atomic mass is 10.1. The second-order valence-electron chi connectivity index (χ2n) is 4.51. The minimum atomic E-state index is -3.10. The van der Waals surface area contributed by atoms with Crippen molar-refractivity contribution in [1.29, 1.82) is 0 Å². The maximum Gasteiger partial charge on any atom is 0.283 e. The number of halogens is 3. The molecule has 1 aliphatic carbocycles. The molecular formula is C9H14F3NO. The average Bonchev–Trinajstić information content (AvgIpc) is 2.78. The molecule has 0 aromatic heterocycles. The van der Waals surface area contributed by atoms with Gasteiger partial charge in [-0.3, -0.25) is 4.90 Å². The lowest BCUT2D eigenvalue weighted by Crippen LogP contribution is -2.38. The fourth-order valence-electron chi connectivity index (χ4n) is 2.16. The van der Waals surface area contributed by atoms with Crippen molar-refractivity contribution in [3.8, 4) is 0 Å². The van der Waals surface area contributed by atoms with E-state index in [9.17, 15) is 13.2 Å². The lowest BCUT2D eigenvalue weighted by Gasteiger charge is -2.21. The monoisotopic (exact) mass is 209 g/mol. The van der Waals surface area contributed by atoms with Gasteiger partial charge in [-0.1, -0.05) is 0 Å². The Balaban J connectivity index is 1.90. The van der Waals surface area contributed by atoms with Crippen molar-refractivity contribution in [3.05, 3.63) is 0 Å². The third-order valence-corrected chi connectivity index (χ3v) is 3.20. The number of aliphatic hydroxyl groups excluding tert-OH is 1. The van der Waals surface area contributed by atoms with Gasteiger partial charge in [-0.25, -0.2) is 13.2 Å². The van der Waals surface area contributed by atoms with Crippen LogP contribution in [0.15, 0.2) is 0 Å². The van der Waals surface area contributed by atoms with Crippen molar-refractivity contribution in [2.75, 3.05) is 26.2 Å². The highest BCUT2D eigenvalue weighted by molar-refractivity contribution is 5.07. The van der Waals surface area contributed by atoms with E-state index in [0.29, 0.717) is 6.54 Å². The van der Waals surface area contributed by atoms with Gasteiger partial charge in [0.1, 0.15) is 12.8 Å². The SMILES string of the molecule is OCC(F)(F)CN1C[C@H](F)C2(CC2)C1. The minimum absolute atomic E-state index is 0.0928. The minimum Gasteiger partial charge on any atom is -0.390 e. The van der Waals surface area contributed by atoms with E-state index in [-0.39, 0.29) is 12.0 Å². The highest BCUT2D eigenvalue weighted by Crippen LogP contribution is 2.54. The standard InChI is InChI=1S/C9H14F3NO/c10-7-3-13(4-8(7)1-2-8)5-9(11,12)6-14/h7,14H,1-6H2/t7-/m0/s1. The summed E-state index contributed by atoms with van der Waals surface area (Å²) in [5.74, 6) is -3.10. The first-order chi connectivity index (χ1) is 6.47. The van der Waals surface area contributed by atoms with Crippen molar-refractivity contribution in [2.45, 2.75) is 24.9 Å². The molecule has 1 atom stereocenters. The Bertz CT molecular complexity index is 230. The van der Waals surface area contributed by atoms with Gasteiger partial charge >= 0.3 is 0 Å². The second kappa shape index (κ2) is 3.10. The molecule has 1 spiro atoms. The zero-order valence-electron chi connectivity index (χ0n) is 7.85. The predicted octanol–water partition coefficient (Wildman–Crippen LogP) is 1.05. The van der Waals surface area contributed by atoms with Gasteiger partial charge in [-0.15, -0.1) is 0 Å². The predicted molar refractivity (Wildman–Crippen MR) is 45.0 cm³/mol. The molecule has 5 heteroatoms. The fourth-order valence-corrected chi connectivity index (χ4v) is 2.16. The normalized spacial score (nSPS) is 31.3. The van der Waals surface area contributed by atoms with Crippen LogP contribution in [0.2, 0.25) is 0 Å². The van der Waals surface area contributed by atoms with Crippen LogP contribution in [0.5, 0.6) is 0 Å². The smallest absolute Gasteiger partial charge is 0.283 e. The van der Waals surface area contributed by atoms with Crippen LogP contribution in [0, 0.1) is 5.41 Å². The molecule has 2 rings (SSSR count). The van der Waals surface area contributed by atoms with Gasteiger partial charge in [0.15, 0.2) is 0 Å². The van der Waals surface area contributed by atoms with Crippen molar-refractivity contribution >= 4 is 0 Å². The maximum atomic E-state index is 13.3. The summed E-state index contributed by atoms with van der Waals surface area (Å²) < 4.78 is 38.9. The molecule has 1 aliphatic heterocycles. The highest BCUT2D eigenvalue weighted by Gasteiger charge is 2.56. The van der Waals surface area contributed by atoms with E-state index in [4.69, 9.17) is 5.11 Å². The summed E-state index contributed by atoms with van der Waals surface area (Å²) in [5, 5.41) is 8.40. The second-order valence-corrected chi connectivity index (χ2v) is 4.51. The number of likely N-dealkylation sites (tertiary alicyclic amines) is 1. The Labute approximate surface area is 80.7 Å². The maximum absolute atomic E-state index is 13.3. The molecule has 2 nitrogen and oxygen atoms in total. The van der Waals surface area contributed by atoms with Crippen LogP contribution in [0.4, 0.5) is 13.2 Å². The first-order valence-corrected chi connectivity index (χ1v) is 4.83. The number of hydrogen-bond acceptors (Lipinski definition) is 2. The Morgan fingerprint density at radius 1 is 1.43 bits per heavy atom. The molecule has 0 aromatic carbocycles. The van der Waals surface area contributed by atoms with E-state index in [1.54, 1.807) is 0 Å². The molecule has 2 aliphatic rings. The summed E-state index contributed by atoms with van der Waals surface area (Å²) in [6, 6.07) is 0. The topological polar surface area (TPSA) is 23.5 Å². The molecule has 0 unspecified atom stereocenters. The average molecular weight is 209 g/mol. The molecule has 1 N–H and O–H groups in total. The van der Waals surface area contributed by atoms with Crippen LogP contribution in [0.1, 0.15) is 12.8 Å². The van der Waals surface area contributed by atoms with Crippen molar-refractivity contribution in [2.24, 2.45) is 5.41 Å². The van der Waals surface area contributed by atoms with Crippen LogP contribution in [0.3, 0.4) is 0 Å². The molecular weight excluding hydrogens is 195 g/mol. The quantitative estimate of drug-likeness (QED) is 0.751. The van der Waals surface area contributed by atoms with Crippen LogP contribution < -0.4 is 0 Å². The van der Waals surface area contributed by atoms with Gasteiger partial charge in [0.25, 0.3) is 5.92 Å². The number of alkyl halides is 3. The fraction of sp³-hybridized carbons (Fsp3) is 1.00. The van der Waals surface area contributed by atoms with Crippen molar-refractivity contribution < 1.29 is 18.3 Å². The van der Waals surface area contributed by atoms with Gasteiger partial charge < -0.3 is 5.11 Å². The van der Waals surface area contributed by atoms with Gasteiger partial charge in [-0.2, -0.15) is 0 Å². The van der Waals surface area contributed by atoms with Gasteiger partial charge in [0, 0.05) is 18.5 Å². The first-order valence-electron chi connectivity index (χ1n) is 4.83. The highest BCUT2D eigenvalue weighted by atomic mass is 19.3. The Morgan fingerprint density at radius 2 is 2.07 bits per heavy atom. The number of hydrogen-bond donors (Lipinski definition) is 1. The first kappa shape index (κ1) is 10.2. The van der Waals surface area contributed by atoms with Gasteiger partial charge in [0.05, 0.1) is 6.54 Å². The largest absolute Gasteiger partial charge is 0.390 e. The van der Waals surface area contributed by atoms with Gasteiger partial charge in [-0.05, 0) is 12.8 Å². The zero-order chi connectivity index (χ0) is 10.4. The van der Waals surface area contributed by atoms with E-state index < -0.39 is 25.2 Å². The summed E-state index contributed by atoms with van der Waals surface area (Å²) in [5.41, 5.74) is -0.314. The third-order valence-electron chi connectivity index (χ3n) is 3.20. The van der Waals surface area contributed by atoms with Crippen LogP contribution in [-0.2, 0) is 0 Å².